The minimum atomic E-state index is 0.125. The lowest BCUT2D eigenvalue weighted by Gasteiger charge is -2.21. The first-order chi connectivity index (χ1) is 10.7. The molecule has 22 heavy (non-hydrogen) atoms. The summed E-state index contributed by atoms with van der Waals surface area (Å²) in [5.74, 6) is 0.963. The summed E-state index contributed by atoms with van der Waals surface area (Å²) in [6.07, 6.45) is 0.982. The van der Waals surface area contributed by atoms with E-state index in [1.54, 1.807) is 0 Å². The first kappa shape index (κ1) is 14.8. The van der Waals surface area contributed by atoms with Crippen molar-refractivity contribution in [3.05, 3.63) is 53.4 Å². The van der Waals surface area contributed by atoms with Crippen LogP contribution in [0.25, 0.3) is 0 Å². The summed E-state index contributed by atoms with van der Waals surface area (Å²) in [5.41, 5.74) is 1.73. The molecule has 0 atom stereocenters. The number of rotatable bonds is 3. The molecule has 1 aromatic heterocycles. The van der Waals surface area contributed by atoms with E-state index in [-0.39, 0.29) is 5.91 Å². The molecule has 2 heterocycles. The van der Waals surface area contributed by atoms with Gasteiger partial charge in [-0.3, -0.25) is 9.69 Å². The fourth-order valence-electron chi connectivity index (χ4n) is 2.82. The molecule has 3 rings (SSSR count). The van der Waals surface area contributed by atoms with Gasteiger partial charge in [-0.15, -0.1) is 0 Å². The molecule has 1 aliphatic heterocycles. The molecule has 5 nitrogen and oxygen atoms in total. The summed E-state index contributed by atoms with van der Waals surface area (Å²) in [7, 11) is 0. The summed E-state index contributed by atoms with van der Waals surface area (Å²) in [6, 6.07) is 11.5. The number of hydrogen-bond acceptors (Lipinski definition) is 4. The first-order valence-corrected chi connectivity index (χ1v) is 7.71. The number of benzene rings is 1. The van der Waals surface area contributed by atoms with Crippen LogP contribution in [-0.2, 0) is 6.54 Å². The predicted molar refractivity (Wildman–Crippen MR) is 83.5 cm³/mol. The molecule has 1 saturated heterocycles. The zero-order valence-electron chi connectivity index (χ0n) is 12.9. The number of carbonyl (C=O) groups is 1. The fraction of sp³-hybridized carbons (Fsp3) is 0.412. The van der Waals surface area contributed by atoms with E-state index in [1.165, 1.54) is 0 Å². The predicted octanol–water partition coefficient (Wildman–Crippen LogP) is 2.33. The molecule has 0 radical (unpaired) electrons. The summed E-state index contributed by atoms with van der Waals surface area (Å²) >= 11 is 0. The lowest BCUT2D eigenvalue weighted by Crippen LogP contribution is -2.35. The third-order valence-corrected chi connectivity index (χ3v) is 3.96. The highest BCUT2D eigenvalue weighted by Gasteiger charge is 2.20. The normalized spacial score (nSPS) is 16.5. The lowest BCUT2D eigenvalue weighted by molar-refractivity contribution is 0.0761. The van der Waals surface area contributed by atoms with Crippen LogP contribution in [0.3, 0.4) is 0 Å². The third kappa shape index (κ3) is 3.54. The van der Waals surface area contributed by atoms with Gasteiger partial charge in [0.25, 0.3) is 5.91 Å². The Labute approximate surface area is 130 Å². The Morgan fingerprint density at radius 2 is 2.00 bits per heavy atom. The Bertz CT molecular complexity index is 624. The van der Waals surface area contributed by atoms with Crippen molar-refractivity contribution in [1.29, 1.82) is 0 Å². The van der Waals surface area contributed by atoms with Crippen LogP contribution < -0.4 is 0 Å². The smallest absolute Gasteiger partial charge is 0.253 e. The number of nitrogens with zero attached hydrogens (tertiary/aromatic N) is 3. The van der Waals surface area contributed by atoms with Crippen molar-refractivity contribution >= 4 is 5.91 Å². The van der Waals surface area contributed by atoms with Crippen LogP contribution in [-0.4, -0.2) is 47.0 Å². The Hall–Kier alpha value is -2.14. The highest BCUT2D eigenvalue weighted by atomic mass is 16.5. The van der Waals surface area contributed by atoms with E-state index in [2.05, 4.69) is 10.1 Å². The molecule has 0 unspecified atom stereocenters. The molecule has 1 aliphatic rings. The second-order valence-electron chi connectivity index (χ2n) is 5.72. The van der Waals surface area contributed by atoms with Crippen molar-refractivity contribution < 1.29 is 9.32 Å². The van der Waals surface area contributed by atoms with Crippen LogP contribution in [0.5, 0.6) is 0 Å². The topological polar surface area (TPSA) is 49.6 Å². The average molecular weight is 299 g/mol. The van der Waals surface area contributed by atoms with Crippen molar-refractivity contribution in [2.24, 2.45) is 0 Å². The molecule has 1 aromatic carbocycles. The van der Waals surface area contributed by atoms with Crippen molar-refractivity contribution in [2.75, 3.05) is 26.2 Å². The molecular formula is C17H21N3O2. The Morgan fingerprint density at radius 3 is 2.73 bits per heavy atom. The minimum Gasteiger partial charge on any atom is -0.361 e. The van der Waals surface area contributed by atoms with Gasteiger partial charge in [-0.2, -0.15) is 0 Å². The molecule has 116 valence electrons. The molecule has 0 saturated carbocycles. The van der Waals surface area contributed by atoms with Crippen LogP contribution in [0.1, 0.15) is 28.2 Å². The highest BCUT2D eigenvalue weighted by molar-refractivity contribution is 5.94. The van der Waals surface area contributed by atoms with E-state index in [0.29, 0.717) is 0 Å². The van der Waals surface area contributed by atoms with E-state index >= 15 is 0 Å². The van der Waals surface area contributed by atoms with Gasteiger partial charge in [0.2, 0.25) is 0 Å². The molecule has 5 heteroatoms. The maximum atomic E-state index is 12.5. The number of aryl methyl sites for hydroxylation is 1. The molecule has 0 N–H and O–H groups in total. The van der Waals surface area contributed by atoms with E-state index in [9.17, 15) is 4.79 Å². The van der Waals surface area contributed by atoms with Gasteiger partial charge in [-0.1, -0.05) is 23.4 Å². The summed E-state index contributed by atoms with van der Waals surface area (Å²) < 4.78 is 5.11. The highest BCUT2D eigenvalue weighted by Crippen LogP contribution is 2.12. The van der Waals surface area contributed by atoms with Gasteiger partial charge in [0.1, 0.15) is 5.76 Å². The minimum absolute atomic E-state index is 0.125. The van der Waals surface area contributed by atoms with Gasteiger partial charge < -0.3 is 9.42 Å². The second kappa shape index (κ2) is 6.75. The molecule has 1 amide bonds. The molecule has 2 aromatic rings. The SMILES string of the molecule is Cc1cc(CN2CCCN(C(=O)c3ccccc3)CC2)no1. The largest absolute Gasteiger partial charge is 0.361 e. The summed E-state index contributed by atoms with van der Waals surface area (Å²) in [6.45, 7) is 6.09. The van der Waals surface area contributed by atoms with Crippen LogP contribution in [0.4, 0.5) is 0 Å². The van der Waals surface area contributed by atoms with Crippen LogP contribution in [0.2, 0.25) is 0 Å². The van der Waals surface area contributed by atoms with E-state index < -0.39 is 0 Å². The number of amides is 1. The molecule has 1 fully saturated rings. The number of hydrogen-bond donors (Lipinski definition) is 0. The molecule has 0 aliphatic carbocycles. The standard InChI is InChI=1S/C17H21N3O2/c1-14-12-16(18-22-14)13-19-8-5-9-20(11-10-19)17(21)15-6-3-2-4-7-15/h2-4,6-7,12H,5,8-11,13H2,1H3. The first-order valence-electron chi connectivity index (χ1n) is 7.71. The van der Waals surface area contributed by atoms with Crippen LogP contribution in [0, 0.1) is 6.92 Å². The van der Waals surface area contributed by atoms with Gasteiger partial charge in [-0.25, -0.2) is 0 Å². The zero-order valence-corrected chi connectivity index (χ0v) is 12.9. The van der Waals surface area contributed by atoms with E-state index in [4.69, 9.17) is 4.52 Å². The average Bonchev–Trinajstić information content (AvgIpc) is 2.81. The van der Waals surface area contributed by atoms with Crippen molar-refractivity contribution in [3.63, 3.8) is 0 Å². The van der Waals surface area contributed by atoms with Crippen molar-refractivity contribution in [1.82, 2.24) is 15.0 Å². The Balaban J connectivity index is 1.59. The van der Waals surface area contributed by atoms with Crippen LogP contribution >= 0.6 is 0 Å². The maximum Gasteiger partial charge on any atom is 0.253 e. The lowest BCUT2D eigenvalue weighted by atomic mass is 10.2. The van der Waals surface area contributed by atoms with Crippen molar-refractivity contribution in [2.45, 2.75) is 19.9 Å². The number of carbonyl (C=O) groups excluding carboxylic acids is 1. The van der Waals surface area contributed by atoms with Gasteiger partial charge in [0.05, 0.1) is 5.69 Å². The zero-order chi connectivity index (χ0) is 15.4. The van der Waals surface area contributed by atoms with E-state index in [1.807, 2.05) is 48.2 Å². The van der Waals surface area contributed by atoms with Gasteiger partial charge in [0.15, 0.2) is 0 Å². The Morgan fingerprint density at radius 1 is 1.18 bits per heavy atom. The van der Waals surface area contributed by atoms with Gasteiger partial charge >= 0.3 is 0 Å². The quantitative estimate of drug-likeness (QED) is 0.873. The molecule has 0 spiro atoms. The fourth-order valence-corrected chi connectivity index (χ4v) is 2.82. The van der Waals surface area contributed by atoms with Gasteiger partial charge in [-0.05, 0) is 25.5 Å². The number of aromatic nitrogens is 1. The maximum absolute atomic E-state index is 12.5. The molecule has 0 bridgehead atoms. The monoisotopic (exact) mass is 299 g/mol. The summed E-state index contributed by atoms with van der Waals surface area (Å²) in [5, 5.41) is 4.04. The van der Waals surface area contributed by atoms with Crippen LogP contribution in [0.15, 0.2) is 40.9 Å². The third-order valence-electron chi connectivity index (χ3n) is 3.96. The van der Waals surface area contributed by atoms with E-state index in [0.717, 1.165) is 56.2 Å². The Kier molecular flexibility index (Phi) is 4.53. The van der Waals surface area contributed by atoms with Crippen molar-refractivity contribution in [3.8, 4) is 0 Å². The molecular weight excluding hydrogens is 278 g/mol. The van der Waals surface area contributed by atoms with Gasteiger partial charge in [0, 0.05) is 44.4 Å². The second-order valence-corrected chi connectivity index (χ2v) is 5.72. The summed E-state index contributed by atoms with van der Waals surface area (Å²) in [4.78, 5) is 16.8.